The molecule has 0 aliphatic carbocycles. The van der Waals surface area contributed by atoms with Gasteiger partial charge in [0.15, 0.2) is 0 Å². The molecule has 3 aromatic carbocycles. The van der Waals surface area contributed by atoms with Gasteiger partial charge in [0.05, 0.1) is 13.1 Å². The SMILES string of the molecule is CCN1CC(=O)N2[C@@H](Cc3ccccc3)C(=O)N(Cc3cccc(Cl)c3)C[C@@H]2N1C(=O)NCc1ccccc1. The Hall–Kier alpha value is -3.88. The molecule has 0 radical (unpaired) electrons. The average molecular weight is 546 g/mol. The fourth-order valence-corrected chi connectivity index (χ4v) is 5.57. The number of hydrogen-bond donors (Lipinski definition) is 1. The lowest BCUT2D eigenvalue weighted by atomic mass is 9.98. The maximum atomic E-state index is 13.9. The normalized spacial score (nSPS) is 19.7. The van der Waals surface area contributed by atoms with Gasteiger partial charge in [-0.3, -0.25) is 9.59 Å². The standard InChI is InChI=1S/C30H32ClN5O3/c1-2-34-21-28(37)35-26(17-22-10-5-3-6-11-22)29(38)33(19-24-14-9-15-25(31)16-24)20-27(35)36(34)30(39)32-18-23-12-7-4-8-13-23/h3-16,26-27H,2,17-21H2,1H3,(H,32,39)/t26-,27-/m0/s1. The number of hydrogen-bond acceptors (Lipinski definition) is 4. The number of likely N-dealkylation sites (N-methyl/N-ethyl adjacent to an activating group) is 1. The van der Waals surface area contributed by atoms with Crippen LogP contribution < -0.4 is 5.32 Å². The molecule has 202 valence electrons. The zero-order valence-corrected chi connectivity index (χ0v) is 22.6. The lowest BCUT2D eigenvalue weighted by molar-refractivity contribution is -0.190. The van der Waals surface area contributed by atoms with E-state index in [0.717, 1.165) is 16.7 Å². The van der Waals surface area contributed by atoms with Gasteiger partial charge in [0, 0.05) is 31.1 Å². The third-order valence-electron chi connectivity index (χ3n) is 7.22. The Labute approximate surface area is 233 Å². The molecule has 4 amide bonds. The number of nitrogens with one attached hydrogen (secondary N) is 1. The fraction of sp³-hybridized carbons (Fsp3) is 0.300. The van der Waals surface area contributed by atoms with Gasteiger partial charge in [-0.1, -0.05) is 91.3 Å². The number of carbonyl (C=O) groups is 3. The van der Waals surface area contributed by atoms with Crippen LogP contribution in [0.25, 0.3) is 0 Å². The molecule has 0 aromatic heterocycles. The number of urea groups is 1. The molecule has 5 rings (SSSR count). The molecular formula is C30H32ClN5O3. The molecule has 1 N–H and O–H groups in total. The number of piperazine rings is 1. The van der Waals surface area contributed by atoms with Crippen LogP contribution in [0.2, 0.25) is 5.02 Å². The minimum absolute atomic E-state index is 0.0264. The summed E-state index contributed by atoms with van der Waals surface area (Å²) in [5.41, 5.74) is 2.81. The van der Waals surface area contributed by atoms with E-state index in [0.29, 0.717) is 31.1 Å². The van der Waals surface area contributed by atoms with Crippen molar-refractivity contribution in [1.29, 1.82) is 0 Å². The van der Waals surface area contributed by atoms with Gasteiger partial charge < -0.3 is 15.1 Å². The second-order valence-electron chi connectivity index (χ2n) is 9.81. The Morgan fingerprint density at radius 2 is 1.59 bits per heavy atom. The van der Waals surface area contributed by atoms with E-state index in [1.807, 2.05) is 85.8 Å². The molecule has 2 atom stereocenters. The first-order chi connectivity index (χ1) is 18.9. The summed E-state index contributed by atoms with van der Waals surface area (Å²) in [7, 11) is 0. The molecule has 0 spiro atoms. The largest absolute Gasteiger partial charge is 0.334 e. The molecule has 3 aromatic rings. The van der Waals surface area contributed by atoms with Gasteiger partial charge >= 0.3 is 6.03 Å². The predicted molar refractivity (Wildman–Crippen MR) is 149 cm³/mol. The van der Waals surface area contributed by atoms with Gasteiger partial charge in [-0.25, -0.2) is 14.8 Å². The van der Waals surface area contributed by atoms with Crippen LogP contribution in [-0.2, 0) is 29.1 Å². The average Bonchev–Trinajstić information content (AvgIpc) is 2.95. The van der Waals surface area contributed by atoms with E-state index in [2.05, 4.69) is 5.32 Å². The number of amides is 4. The van der Waals surface area contributed by atoms with E-state index in [9.17, 15) is 14.4 Å². The zero-order valence-electron chi connectivity index (χ0n) is 21.9. The number of halogens is 1. The summed E-state index contributed by atoms with van der Waals surface area (Å²) in [6, 6.07) is 25.7. The lowest BCUT2D eigenvalue weighted by Crippen LogP contribution is -2.76. The van der Waals surface area contributed by atoms with Gasteiger partial charge in [-0.2, -0.15) is 0 Å². The van der Waals surface area contributed by atoms with E-state index in [1.165, 1.54) is 0 Å². The smallest absolute Gasteiger partial charge is 0.333 e. The number of nitrogens with zero attached hydrogens (tertiary/aromatic N) is 4. The molecule has 2 saturated heterocycles. The number of carbonyl (C=O) groups excluding carboxylic acids is 3. The molecule has 2 aliphatic heterocycles. The van der Waals surface area contributed by atoms with Crippen LogP contribution in [0.15, 0.2) is 84.9 Å². The molecule has 0 saturated carbocycles. The van der Waals surface area contributed by atoms with E-state index >= 15 is 0 Å². The van der Waals surface area contributed by atoms with Crippen molar-refractivity contribution in [2.75, 3.05) is 19.6 Å². The summed E-state index contributed by atoms with van der Waals surface area (Å²) >= 11 is 6.23. The van der Waals surface area contributed by atoms with E-state index < -0.39 is 12.2 Å². The molecule has 39 heavy (non-hydrogen) atoms. The van der Waals surface area contributed by atoms with Crippen molar-refractivity contribution in [2.24, 2.45) is 0 Å². The molecule has 8 nitrogen and oxygen atoms in total. The van der Waals surface area contributed by atoms with Crippen molar-refractivity contribution in [1.82, 2.24) is 25.1 Å². The highest BCUT2D eigenvalue weighted by Crippen LogP contribution is 2.29. The second-order valence-corrected chi connectivity index (χ2v) is 10.2. The molecular weight excluding hydrogens is 514 g/mol. The number of hydrazine groups is 1. The van der Waals surface area contributed by atoms with Crippen LogP contribution in [0.5, 0.6) is 0 Å². The van der Waals surface area contributed by atoms with Gasteiger partial charge in [-0.05, 0) is 28.8 Å². The van der Waals surface area contributed by atoms with Crippen molar-refractivity contribution in [3.63, 3.8) is 0 Å². The third-order valence-corrected chi connectivity index (χ3v) is 7.46. The van der Waals surface area contributed by atoms with Crippen molar-refractivity contribution >= 4 is 29.4 Å². The minimum atomic E-state index is -0.735. The van der Waals surface area contributed by atoms with Crippen molar-refractivity contribution in [3.8, 4) is 0 Å². The van der Waals surface area contributed by atoms with Crippen LogP contribution >= 0.6 is 11.6 Å². The van der Waals surface area contributed by atoms with Crippen LogP contribution in [0.4, 0.5) is 4.79 Å². The second kappa shape index (κ2) is 11.9. The summed E-state index contributed by atoms with van der Waals surface area (Å²) in [6.45, 7) is 3.29. The first-order valence-corrected chi connectivity index (χ1v) is 13.6. The maximum Gasteiger partial charge on any atom is 0.334 e. The number of benzene rings is 3. The molecule has 0 unspecified atom stereocenters. The maximum absolute atomic E-state index is 13.9. The molecule has 2 fully saturated rings. The lowest BCUT2D eigenvalue weighted by Gasteiger charge is -2.55. The van der Waals surface area contributed by atoms with Crippen LogP contribution in [0.3, 0.4) is 0 Å². The monoisotopic (exact) mass is 545 g/mol. The Morgan fingerprint density at radius 1 is 0.923 bits per heavy atom. The van der Waals surface area contributed by atoms with Gasteiger partial charge in [0.1, 0.15) is 12.2 Å². The highest BCUT2D eigenvalue weighted by molar-refractivity contribution is 6.30. The quantitative estimate of drug-likeness (QED) is 0.488. The van der Waals surface area contributed by atoms with E-state index in [-0.39, 0.29) is 30.9 Å². The minimum Gasteiger partial charge on any atom is -0.333 e. The Morgan fingerprint density at radius 3 is 2.26 bits per heavy atom. The van der Waals surface area contributed by atoms with Gasteiger partial charge in [-0.15, -0.1) is 0 Å². The van der Waals surface area contributed by atoms with Gasteiger partial charge in [0.25, 0.3) is 0 Å². The molecule has 2 aliphatic rings. The van der Waals surface area contributed by atoms with E-state index in [1.54, 1.807) is 25.9 Å². The number of fused-ring (bicyclic) bond motifs is 1. The first-order valence-electron chi connectivity index (χ1n) is 13.2. The van der Waals surface area contributed by atoms with Crippen LogP contribution in [0, 0.1) is 0 Å². The van der Waals surface area contributed by atoms with E-state index in [4.69, 9.17) is 11.6 Å². The molecule has 9 heteroatoms. The third kappa shape index (κ3) is 5.92. The molecule has 2 heterocycles. The zero-order chi connectivity index (χ0) is 27.4. The predicted octanol–water partition coefficient (Wildman–Crippen LogP) is 3.91. The summed E-state index contributed by atoms with van der Waals surface area (Å²) in [4.78, 5) is 44.5. The Bertz CT molecular complexity index is 1320. The van der Waals surface area contributed by atoms with Crippen molar-refractivity contribution in [2.45, 2.75) is 38.6 Å². The Balaban J connectivity index is 1.47. The highest BCUT2D eigenvalue weighted by Gasteiger charge is 2.51. The summed E-state index contributed by atoms with van der Waals surface area (Å²) in [6.07, 6.45) is -0.285. The van der Waals surface area contributed by atoms with Crippen molar-refractivity contribution < 1.29 is 14.4 Å². The van der Waals surface area contributed by atoms with Crippen LogP contribution in [0.1, 0.15) is 23.6 Å². The first kappa shape index (κ1) is 26.7. The summed E-state index contributed by atoms with van der Waals surface area (Å²) < 4.78 is 0. The Kier molecular flexibility index (Phi) is 8.14. The molecule has 0 bridgehead atoms. The van der Waals surface area contributed by atoms with Crippen molar-refractivity contribution in [3.05, 3.63) is 107 Å². The topological polar surface area (TPSA) is 76.2 Å². The summed E-state index contributed by atoms with van der Waals surface area (Å²) in [5.74, 6) is -0.302. The van der Waals surface area contributed by atoms with Gasteiger partial charge in [0.2, 0.25) is 11.8 Å². The number of rotatable bonds is 7. The van der Waals surface area contributed by atoms with Crippen LogP contribution in [-0.4, -0.2) is 69.5 Å². The fourth-order valence-electron chi connectivity index (χ4n) is 5.35. The summed E-state index contributed by atoms with van der Waals surface area (Å²) in [5, 5.41) is 6.99. The highest BCUT2D eigenvalue weighted by atomic mass is 35.5.